The van der Waals surface area contributed by atoms with Gasteiger partial charge in [-0.2, -0.15) is 0 Å². The first-order chi connectivity index (χ1) is 7.66. The maximum atomic E-state index is 12.4. The van der Waals surface area contributed by atoms with E-state index >= 15 is 0 Å². The van der Waals surface area contributed by atoms with Gasteiger partial charge < -0.3 is 0 Å². The number of rotatable bonds is 2. The van der Waals surface area contributed by atoms with Crippen LogP contribution in [-0.4, -0.2) is 9.97 Å². The number of hydrogen-bond donors (Lipinski definition) is 0. The Bertz CT molecular complexity index is 486. The summed E-state index contributed by atoms with van der Waals surface area (Å²) in [5, 5.41) is 0.367. The summed E-state index contributed by atoms with van der Waals surface area (Å²) in [5.41, 5.74) is 1.13. The highest BCUT2D eigenvalue weighted by molar-refractivity contribution is 6.29. The molecule has 0 aliphatic carbocycles. The van der Waals surface area contributed by atoms with Crippen molar-refractivity contribution in [3.05, 3.63) is 47.5 Å². The zero-order valence-electron chi connectivity index (χ0n) is 8.07. The van der Waals surface area contributed by atoms with Crippen LogP contribution in [0.5, 0.6) is 0 Å². The Morgan fingerprint density at radius 3 is 2.50 bits per heavy atom. The van der Waals surface area contributed by atoms with Crippen molar-refractivity contribution in [3.8, 4) is 11.1 Å². The van der Waals surface area contributed by atoms with Crippen molar-refractivity contribution in [1.29, 1.82) is 0 Å². The van der Waals surface area contributed by atoms with E-state index in [0.29, 0.717) is 10.7 Å². The fraction of sp³-hybridized carbons (Fsp3) is 0.0909. The molecule has 0 N–H and O–H groups in total. The van der Waals surface area contributed by atoms with Gasteiger partial charge in [-0.25, -0.2) is 13.8 Å². The van der Waals surface area contributed by atoms with Gasteiger partial charge in [0.1, 0.15) is 10.8 Å². The maximum Gasteiger partial charge on any atom is 0.280 e. The van der Waals surface area contributed by atoms with Gasteiger partial charge in [0, 0.05) is 18.0 Å². The van der Waals surface area contributed by atoms with Crippen molar-refractivity contribution >= 4 is 11.6 Å². The summed E-state index contributed by atoms with van der Waals surface area (Å²) >= 11 is 5.64. The van der Waals surface area contributed by atoms with E-state index in [1.165, 1.54) is 18.5 Å². The summed E-state index contributed by atoms with van der Waals surface area (Å²) in [6.07, 6.45) is 0.318. The molecule has 0 saturated carbocycles. The van der Waals surface area contributed by atoms with Gasteiger partial charge in [-0.1, -0.05) is 11.6 Å². The second kappa shape index (κ2) is 4.53. The fourth-order valence-corrected chi connectivity index (χ4v) is 1.41. The molecule has 0 radical (unpaired) electrons. The quantitative estimate of drug-likeness (QED) is 0.748. The summed E-state index contributed by atoms with van der Waals surface area (Å²) in [7, 11) is 0. The van der Waals surface area contributed by atoms with E-state index in [0.717, 1.165) is 5.56 Å². The Hall–Kier alpha value is -1.55. The Balaban J connectivity index is 2.40. The molecule has 0 fully saturated rings. The summed E-state index contributed by atoms with van der Waals surface area (Å²) in [6, 6.07) is 6.33. The molecule has 2 heterocycles. The average molecular weight is 241 g/mol. The predicted molar refractivity (Wildman–Crippen MR) is 57.4 cm³/mol. The van der Waals surface area contributed by atoms with E-state index in [9.17, 15) is 8.78 Å². The van der Waals surface area contributed by atoms with Crippen LogP contribution in [0, 0.1) is 0 Å². The van der Waals surface area contributed by atoms with Crippen molar-refractivity contribution in [1.82, 2.24) is 9.97 Å². The van der Waals surface area contributed by atoms with Crippen molar-refractivity contribution in [2.24, 2.45) is 0 Å². The van der Waals surface area contributed by atoms with Crippen molar-refractivity contribution in [2.75, 3.05) is 0 Å². The summed E-state index contributed by atoms with van der Waals surface area (Å²) in [5.74, 6) is 0. The Morgan fingerprint density at radius 2 is 1.88 bits per heavy atom. The summed E-state index contributed by atoms with van der Waals surface area (Å²) in [4.78, 5) is 7.47. The molecule has 0 bridgehead atoms. The first-order valence-corrected chi connectivity index (χ1v) is 4.90. The molecule has 16 heavy (non-hydrogen) atoms. The minimum Gasteiger partial charge on any atom is -0.255 e. The molecule has 82 valence electrons. The molecule has 0 amide bonds. The summed E-state index contributed by atoms with van der Waals surface area (Å²) < 4.78 is 24.9. The standard InChI is InChI=1S/C11H7ClF2N2/c12-10-2-1-8(6-16-10)7-3-4-15-9(5-7)11(13)14/h1-6,11H. The molecule has 5 heteroatoms. The van der Waals surface area contributed by atoms with Gasteiger partial charge in [0.05, 0.1) is 0 Å². The molecule has 0 unspecified atom stereocenters. The van der Waals surface area contributed by atoms with Crippen LogP contribution in [0.25, 0.3) is 11.1 Å². The Labute approximate surface area is 95.9 Å². The number of aromatic nitrogens is 2. The Kier molecular flexibility index (Phi) is 3.10. The number of hydrogen-bond acceptors (Lipinski definition) is 2. The lowest BCUT2D eigenvalue weighted by Crippen LogP contribution is -1.90. The van der Waals surface area contributed by atoms with Crippen LogP contribution in [0.1, 0.15) is 12.1 Å². The van der Waals surface area contributed by atoms with Gasteiger partial charge in [-0.3, -0.25) is 4.98 Å². The number of pyridine rings is 2. The lowest BCUT2D eigenvalue weighted by atomic mass is 10.1. The second-order valence-corrected chi connectivity index (χ2v) is 3.53. The molecule has 0 atom stereocenters. The monoisotopic (exact) mass is 240 g/mol. The van der Waals surface area contributed by atoms with Gasteiger partial charge in [-0.15, -0.1) is 0 Å². The molecule has 0 aliphatic heterocycles. The van der Waals surface area contributed by atoms with Gasteiger partial charge in [0.15, 0.2) is 0 Å². The highest BCUT2D eigenvalue weighted by Gasteiger charge is 2.09. The minimum absolute atomic E-state index is 0.243. The van der Waals surface area contributed by atoms with Crippen molar-refractivity contribution in [2.45, 2.75) is 6.43 Å². The predicted octanol–water partition coefficient (Wildman–Crippen LogP) is 3.73. The van der Waals surface area contributed by atoms with E-state index < -0.39 is 6.43 Å². The number of halogens is 3. The molecule has 2 aromatic rings. The normalized spacial score (nSPS) is 10.8. The van der Waals surface area contributed by atoms with Gasteiger partial charge in [0.25, 0.3) is 6.43 Å². The number of nitrogens with zero attached hydrogens (tertiary/aromatic N) is 2. The molecular formula is C11H7ClF2N2. The highest BCUT2D eigenvalue weighted by Crippen LogP contribution is 2.23. The third kappa shape index (κ3) is 2.33. The van der Waals surface area contributed by atoms with Crippen LogP contribution in [0.2, 0.25) is 5.15 Å². The molecule has 0 saturated heterocycles. The lowest BCUT2D eigenvalue weighted by Gasteiger charge is -2.03. The number of alkyl halides is 2. The smallest absolute Gasteiger partial charge is 0.255 e. The van der Waals surface area contributed by atoms with Crippen molar-refractivity contribution < 1.29 is 8.78 Å². The average Bonchev–Trinajstić information content (AvgIpc) is 2.30. The van der Waals surface area contributed by atoms with E-state index in [-0.39, 0.29) is 5.69 Å². The van der Waals surface area contributed by atoms with E-state index in [1.807, 2.05) is 0 Å². The summed E-state index contributed by atoms with van der Waals surface area (Å²) in [6.45, 7) is 0. The van der Waals surface area contributed by atoms with Crippen molar-refractivity contribution in [3.63, 3.8) is 0 Å². The molecule has 0 aromatic carbocycles. The van der Waals surface area contributed by atoms with E-state index in [1.54, 1.807) is 18.2 Å². The first kappa shape index (κ1) is 11.0. The topological polar surface area (TPSA) is 25.8 Å². The highest BCUT2D eigenvalue weighted by atomic mass is 35.5. The minimum atomic E-state index is -2.57. The molecule has 0 spiro atoms. The third-order valence-corrected chi connectivity index (χ3v) is 2.29. The molecule has 2 aromatic heterocycles. The van der Waals surface area contributed by atoms with Crippen LogP contribution in [0.3, 0.4) is 0 Å². The van der Waals surface area contributed by atoms with Crippen LogP contribution in [-0.2, 0) is 0 Å². The van der Waals surface area contributed by atoms with E-state index in [2.05, 4.69) is 9.97 Å². The molecule has 2 nitrogen and oxygen atoms in total. The van der Waals surface area contributed by atoms with Crippen LogP contribution in [0.15, 0.2) is 36.7 Å². The lowest BCUT2D eigenvalue weighted by molar-refractivity contribution is 0.146. The van der Waals surface area contributed by atoms with Crippen LogP contribution >= 0.6 is 11.6 Å². The Morgan fingerprint density at radius 1 is 1.06 bits per heavy atom. The molecule has 0 aliphatic rings. The van der Waals surface area contributed by atoms with E-state index in [4.69, 9.17) is 11.6 Å². The van der Waals surface area contributed by atoms with Gasteiger partial charge >= 0.3 is 0 Å². The van der Waals surface area contributed by atoms with Crippen LogP contribution < -0.4 is 0 Å². The van der Waals surface area contributed by atoms with Crippen LogP contribution in [0.4, 0.5) is 8.78 Å². The largest absolute Gasteiger partial charge is 0.280 e. The SMILES string of the molecule is FC(F)c1cc(-c2ccc(Cl)nc2)ccn1. The zero-order chi connectivity index (χ0) is 11.5. The van der Waals surface area contributed by atoms with Gasteiger partial charge in [-0.05, 0) is 29.8 Å². The second-order valence-electron chi connectivity index (χ2n) is 3.14. The van der Waals surface area contributed by atoms with Gasteiger partial charge in [0.2, 0.25) is 0 Å². The maximum absolute atomic E-state index is 12.4. The molecule has 2 rings (SSSR count). The zero-order valence-corrected chi connectivity index (χ0v) is 8.83. The molecular weight excluding hydrogens is 234 g/mol. The fourth-order valence-electron chi connectivity index (χ4n) is 1.29. The third-order valence-electron chi connectivity index (χ3n) is 2.07. The first-order valence-electron chi connectivity index (χ1n) is 4.53.